The van der Waals surface area contributed by atoms with E-state index in [2.05, 4.69) is 10.3 Å². The zero-order chi connectivity index (χ0) is 20.4. The number of carbonyl (C=O) groups is 1. The minimum absolute atomic E-state index is 0.0327. The molecule has 0 radical (unpaired) electrons. The van der Waals surface area contributed by atoms with E-state index in [9.17, 15) is 13.6 Å². The van der Waals surface area contributed by atoms with Crippen molar-refractivity contribution in [2.75, 3.05) is 0 Å². The van der Waals surface area contributed by atoms with Gasteiger partial charge in [0.1, 0.15) is 11.6 Å². The number of fused-ring (bicyclic) bond motifs is 1. The lowest BCUT2D eigenvalue weighted by molar-refractivity contribution is 0.0913. The van der Waals surface area contributed by atoms with Crippen molar-refractivity contribution in [1.82, 2.24) is 10.3 Å². The van der Waals surface area contributed by atoms with Gasteiger partial charge in [0.25, 0.3) is 5.91 Å². The van der Waals surface area contributed by atoms with Crippen molar-refractivity contribution in [1.29, 1.82) is 0 Å². The molecule has 1 fully saturated rings. The van der Waals surface area contributed by atoms with E-state index in [1.165, 1.54) is 18.2 Å². The van der Waals surface area contributed by atoms with Crippen molar-refractivity contribution in [3.63, 3.8) is 0 Å². The Labute approximate surface area is 169 Å². The minimum Gasteiger partial charge on any atom is -0.349 e. The molecule has 1 saturated carbocycles. The third-order valence-corrected chi connectivity index (χ3v) is 6.13. The summed E-state index contributed by atoms with van der Waals surface area (Å²) in [6.07, 6.45) is 5.66. The number of halogens is 2. The Morgan fingerprint density at radius 3 is 2.59 bits per heavy atom. The lowest BCUT2D eigenvalue weighted by Gasteiger charge is -2.33. The van der Waals surface area contributed by atoms with Gasteiger partial charge in [-0.2, -0.15) is 0 Å². The number of aromatic nitrogens is 1. The van der Waals surface area contributed by atoms with Crippen LogP contribution in [-0.4, -0.2) is 16.9 Å². The zero-order valence-corrected chi connectivity index (χ0v) is 16.4. The van der Waals surface area contributed by atoms with Crippen molar-refractivity contribution >= 4 is 16.8 Å². The Kier molecular flexibility index (Phi) is 5.56. The summed E-state index contributed by atoms with van der Waals surface area (Å²) in [4.78, 5) is 16.7. The molecule has 1 heterocycles. The number of benzene rings is 2. The van der Waals surface area contributed by atoms with Crippen LogP contribution in [0.25, 0.3) is 10.9 Å². The SMILES string of the molecule is C[C@@H](NC(=O)c1ccccc1F)[C@H]1CC[C@H](c2ccnc3ccc(F)cc32)CC1. The summed E-state index contributed by atoms with van der Waals surface area (Å²) in [5, 5.41) is 3.85. The zero-order valence-electron chi connectivity index (χ0n) is 16.4. The number of hydrogen-bond acceptors (Lipinski definition) is 2. The number of nitrogens with one attached hydrogen (secondary N) is 1. The highest BCUT2D eigenvalue weighted by atomic mass is 19.1. The van der Waals surface area contributed by atoms with Crippen LogP contribution in [0.4, 0.5) is 8.78 Å². The maximum atomic E-state index is 13.8. The van der Waals surface area contributed by atoms with Gasteiger partial charge in [-0.1, -0.05) is 12.1 Å². The lowest BCUT2D eigenvalue weighted by Crippen LogP contribution is -2.39. The predicted octanol–water partition coefficient (Wildman–Crippen LogP) is 5.61. The van der Waals surface area contributed by atoms with Gasteiger partial charge in [0.2, 0.25) is 0 Å². The Hall–Kier alpha value is -2.82. The van der Waals surface area contributed by atoms with Gasteiger partial charge in [0.15, 0.2) is 0 Å². The second-order valence-corrected chi connectivity index (χ2v) is 7.92. The molecule has 2 aromatic carbocycles. The van der Waals surface area contributed by atoms with Crippen molar-refractivity contribution < 1.29 is 13.6 Å². The molecule has 0 spiro atoms. The highest BCUT2D eigenvalue weighted by Crippen LogP contribution is 2.39. The summed E-state index contributed by atoms with van der Waals surface area (Å²) in [6, 6.07) is 12.7. The van der Waals surface area contributed by atoms with Crippen LogP contribution in [0.3, 0.4) is 0 Å². The molecular formula is C24H24F2N2O. The number of pyridine rings is 1. The molecule has 3 nitrogen and oxygen atoms in total. The first-order chi connectivity index (χ1) is 14.0. The first kappa shape index (κ1) is 19.5. The molecule has 0 saturated heterocycles. The molecule has 1 aliphatic rings. The molecule has 1 N–H and O–H groups in total. The second-order valence-electron chi connectivity index (χ2n) is 7.92. The maximum Gasteiger partial charge on any atom is 0.254 e. The standard InChI is InChI=1S/C24H24F2N2O/c1-15(28-24(29)20-4-2-3-5-22(20)26)16-6-8-17(9-7-16)19-12-13-27-23-11-10-18(25)14-21(19)23/h2-5,10-17H,6-9H2,1H3,(H,28,29)/t15-,16-,17-/m1/s1. The summed E-state index contributed by atoms with van der Waals surface area (Å²) >= 11 is 0. The Bertz CT molecular complexity index is 1030. The van der Waals surface area contributed by atoms with Gasteiger partial charge in [0, 0.05) is 17.6 Å². The molecule has 1 aromatic heterocycles. The number of carbonyl (C=O) groups excluding carboxylic acids is 1. The maximum absolute atomic E-state index is 13.8. The van der Waals surface area contributed by atoms with Crippen molar-refractivity contribution in [3.8, 4) is 0 Å². The number of rotatable bonds is 4. The van der Waals surface area contributed by atoms with Crippen LogP contribution in [0.2, 0.25) is 0 Å². The van der Waals surface area contributed by atoms with Gasteiger partial charge in [-0.05, 0) is 86.4 Å². The van der Waals surface area contributed by atoms with Gasteiger partial charge < -0.3 is 5.32 Å². The Morgan fingerprint density at radius 1 is 1.07 bits per heavy atom. The number of hydrogen-bond donors (Lipinski definition) is 1. The van der Waals surface area contributed by atoms with Crippen LogP contribution in [0.5, 0.6) is 0 Å². The van der Waals surface area contributed by atoms with Crippen molar-refractivity contribution in [3.05, 3.63) is 77.5 Å². The second kappa shape index (κ2) is 8.27. The lowest BCUT2D eigenvalue weighted by atomic mass is 9.75. The topological polar surface area (TPSA) is 42.0 Å². The molecule has 150 valence electrons. The smallest absolute Gasteiger partial charge is 0.254 e. The van der Waals surface area contributed by atoms with Crippen molar-refractivity contribution in [2.24, 2.45) is 5.92 Å². The van der Waals surface area contributed by atoms with E-state index >= 15 is 0 Å². The van der Waals surface area contributed by atoms with E-state index in [0.29, 0.717) is 11.8 Å². The summed E-state index contributed by atoms with van der Waals surface area (Å²) in [5.74, 6) is -0.421. The Morgan fingerprint density at radius 2 is 1.83 bits per heavy atom. The summed E-state index contributed by atoms with van der Waals surface area (Å²) in [5.41, 5.74) is 2.05. The van der Waals surface area contributed by atoms with E-state index in [1.807, 2.05) is 13.0 Å². The van der Waals surface area contributed by atoms with Crippen LogP contribution < -0.4 is 5.32 Å². The average molecular weight is 394 g/mol. The first-order valence-corrected chi connectivity index (χ1v) is 10.1. The molecule has 1 aliphatic carbocycles. The number of amides is 1. The van der Waals surface area contributed by atoms with Crippen molar-refractivity contribution in [2.45, 2.75) is 44.6 Å². The number of nitrogens with zero attached hydrogens (tertiary/aromatic N) is 1. The molecule has 0 aliphatic heterocycles. The Balaban J connectivity index is 1.41. The third kappa shape index (κ3) is 4.14. The first-order valence-electron chi connectivity index (χ1n) is 10.1. The van der Waals surface area contributed by atoms with E-state index in [-0.39, 0.29) is 23.3 Å². The summed E-state index contributed by atoms with van der Waals surface area (Å²) < 4.78 is 27.6. The van der Waals surface area contributed by atoms with E-state index in [4.69, 9.17) is 0 Å². The largest absolute Gasteiger partial charge is 0.349 e. The highest BCUT2D eigenvalue weighted by molar-refractivity contribution is 5.94. The molecule has 4 rings (SSSR count). The molecule has 29 heavy (non-hydrogen) atoms. The quantitative estimate of drug-likeness (QED) is 0.625. The van der Waals surface area contributed by atoms with Crippen LogP contribution in [-0.2, 0) is 0 Å². The van der Waals surface area contributed by atoms with Crippen LogP contribution in [0.15, 0.2) is 54.7 Å². The fourth-order valence-electron chi connectivity index (χ4n) is 4.47. The summed E-state index contributed by atoms with van der Waals surface area (Å²) in [7, 11) is 0. The van der Waals surface area contributed by atoms with Crippen LogP contribution in [0, 0.1) is 17.6 Å². The van der Waals surface area contributed by atoms with Crippen LogP contribution >= 0.6 is 0 Å². The average Bonchev–Trinajstić information content (AvgIpc) is 2.73. The molecule has 3 aromatic rings. The molecule has 5 heteroatoms. The van der Waals surface area contributed by atoms with Gasteiger partial charge in [0.05, 0.1) is 11.1 Å². The van der Waals surface area contributed by atoms with E-state index in [1.54, 1.807) is 30.5 Å². The van der Waals surface area contributed by atoms with Gasteiger partial charge >= 0.3 is 0 Å². The molecule has 0 unspecified atom stereocenters. The fourth-order valence-corrected chi connectivity index (χ4v) is 4.47. The van der Waals surface area contributed by atoms with Crippen LogP contribution in [0.1, 0.15) is 54.4 Å². The van der Waals surface area contributed by atoms with Gasteiger partial charge in [-0.25, -0.2) is 8.78 Å². The highest BCUT2D eigenvalue weighted by Gasteiger charge is 2.28. The van der Waals surface area contributed by atoms with Gasteiger partial charge in [-0.3, -0.25) is 9.78 Å². The monoisotopic (exact) mass is 394 g/mol. The normalized spacial score (nSPS) is 20.4. The molecular weight excluding hydrogens is 370 g/mol. The van der Waals surface area contributed by atoms with E-state index < -0.39 is 5.82 Å². The fraction of sp³-hybridized carbons (Fsp3) is 0.333. The minimum atomic E-state index is -0.502. The third-order valence-electron chi connectivity index (χ3n) is 6.13. The molecule has 0 bridgehead atoms. The summed E-state index contributed by atoms with van der Waals surface area (Å²) in [6.45, 7) is 1.99. The molecule has 1 atom stereocenters. The predicted molar refractivity (Wildman–Crippen MR) is 110 cm³/mol. The van der Waals surface area contributed by atoms with Gasteiger partial charge in [-0.15, -0.1) is 0 Å². The molecule has 1 amide bonds. The van der Waals surface area contributed by atoms with E-state index in [0.717, 1.165) is 42.1 Å².